The van der Waals surface area contributed by atoms with E-state index >= 15 is 0 Å². The average Bonchev–Trinajstić information content (AvgIpc) is 2.25. The molecule has 0 aromatic rings. The second-order valence-electron chi connectivity index (χ2n) is 7.07. The fourth-order valence-electron chi connectivity index (χ4n) is 5.36. The van der Waals surface area contributed by atoms with Crippen molar-refractivity contribution in [1.29, 1.82) is 0 Å². The number of hydrogen-bond acceptors (Lipinski definition) is 1. The van der Waals surface area contributed by atoms with Crippen molar-refractivity contribution >= 4 is 5.97 Å². The molecule has 0 amide bonds. The van der Waals surface area contributed by atoms with Crippen LogP contribution in [0, 0.1) is 29.6 Å². The molecule has 104 valence electrons. The van der Waals surface area contributed by atoms with Crippen LogP contribution in [0.15, 0.2) is 23.3 Å². The second-order valence-corrected chi connectivity index (χ2v) is 7.07. The highest BCUT2D eigenvalue weighted by Gasteiger charge is 2.48. The molecule has 4 rings (SSSR count). The highest BCUT2D eigenvalue weighted by atomic mass is 16.4. The van der Waals surface area contributed by atoms with Crippen LogP contribution in [0.25, 0.3) is 0 Å². The Morgan fingerprint density at radius 2 is 1.47 bits per heavy atom. The van der Waals surface area contributed by atoms with Gasteiger partial charge < -0.3 is 5.11 Å². The monoisotopic (exact) mass is 260 g/mol. The summed E-state index contributed by atoms with van der Waals surface area (Å²) in [4.78, 5) is 10.7. The van der Waals surface area contributed by atoms with Gasteiger partial charge >= 0.3 is 5.97 Å². The lowest BCUT2D eigenvalue weighted by molar-refractivity contribution is -0.131. The van der Waals surface area contributed by atoms with E-state index in [-0.39, 0.29) is 0 Å². The van der Waals surface area contributed by atoms with Gasteiger partial charge in [-0.15, -0.1) is 0 Å². The third-order valence-electron chi connectivity index (χ3n) is 5.56. The van der Waals surface area contributed by atoms with Gasteiger partial charge in [0.1, 0.15) is 0 Å². The minimum atomic E-state index is -0.841. The number of hydrogen-bond donors (Lipinski definition) is 1. The van der Waals surface area contributed by atoms with Gasteiger partial charge in [-0.05, 0) is 81.1 Å². The van der Waals surface area contributed by atoms with E-state index in [4.69, 9.17) is 5.11 Å². The summed E-state index contributed by atoms with van der Waals surface area (Å²) in [6, 6.07) is 0. The molecular weight excluding hydrogens is 236 g/mol. The molecule has 0 unspecified atom stereocenters. The molecular formula is C17H24O2. The molecule has 4 saturated carbocycles. The summed E-state index contributed by atoms with van der Waals surface area (Å²) in [6.45, 7) is 4.11. The molecule has 1 N–H and O–H groups in total. The van der Waals surface area contributed by atoms with Crippen molar-refractivity contribution in [3.8, 4) is 0 Å². The number of carbonyl (C=O) groups is 1. The van der Waals surface area contributed by atoms with Gasteiger partial charge in [0.15, 0.2) is 0 Å². The Kier molecular flexibility index (Phi) is 3.28. The highest BCUT2D eigenvalue weighted by Crippen LogP contribution is 2.58. The fourth-order valence-corrected chi connectivity index (χ4v) is 5.36. The van der Waals surface area contributed by atoms with Crippen molar-refractivity contribution in [2.24, 2.45) is 29.6 Å². The van der Waals surface area contributed by atoms with Crippen LogP contribution in [0.4, 0.5) is 0 Å². The first kappa shape index (κ1) is 13.0. The van der Waals surface area contributed by atoms with E-state index in [0.717, 1.165) is 35.2 Å². The molecule has 4 aliphatic rings. The summed E-state index contributed by atoms with van der Waals surface area (Å²) in [5.74, 6) is 3.65. The normalized spacial score (nSPS) is 41.7. The molecule has 0 heterocycles. The van der Waals surface area contributed by atoms with Gasteiger partial charge in [0, 0.05) is 6.08 Å². The third-order valence-corrected chi connectivity index (χ3v) is 5.56. The Morgan fingerprint density at radius 1 is 0.947 bits per heavy atom. The molecule has 4 aliphatic carbocycles. The van der Waals surface area contributed by atoms with Crippen molar-refractivity contribution in [2.75, 3.05) is 0 Å². The topological polar surface area (TPSA) is 37.3 Å². The van der Waals surface area contributed by atoms with E-state index in [1.807, 2.05) is 6.92 Å². The van der Waals surface area contributed by atoms with Crippen molar-refractivity contribution < 1.29 is 9.90 Å². The van der Waals surface area contributed by atoms with Crippen LogP contribution in [-0.4, -0.2) is 11.1 Å². The standard InChI is InChI=1S/C17H24O2/c1-10(4-16(18)19)3-11(2)17-14-6-12-5-13(8-14)9-15(17)7-12/h3-4,12-15,17H,5-9H2,1-2H3,(H,18,19)/b10-4+,11-3+. The van der Waals surface area contributed by atoms with Gasteiger partial charge in [0.25, 0.3) is 0 Å². The van der Waals surface area contributed by atoms with Crippen LogP contribution in [0.3, 0.4) is 0 Å². The van der Waals surface area contributed by atoms with E-state index in [0.29, 0.717) is 0 Å². The Labute approximate surface area is 115 Å². The first-order valence-corrected chi connectivity index (χ1v) is 7.62. The lowest BCUT2D eigenvalue weighted by Crippen LogP contribution is -2.45. The largest absolute Gasteiger partial charge is 0.478 e. The van der Waals surface area contributed by atoms with Gasteiger partial charge in [-0.1, -0.05) is 11.6 Å². The minimum absolute atomic E-state index is 0.727. The molecule has 2 nitrogen and oxygen atoms in total. The van der Waals surface area contributed by atoms with E-state index in [9.17, 15) is 4.79 Å². The third kappa shape index (κ3) is 2.50. The van der Waals surface area contributed by atoms with Crippen LogP contribution >= 0.6 is 0 Å². The number of carboxylic acid groups (broad SMARTS) is 1. The van der Waals surface area contributed by atoms with Gasteiger partial charge in [0.05, 0.1) is 0 Å². The Balaban J connectivity index is 1.79. The highest BCUT2D eigenvalue weighted by molar-refractivity contribution is 5.81. The second kappa shape index (κ2) is 4.81. The van der Waals surface area contributed by atoms with Crippen LogP contribution in [0.2, 0.25) is 0 Å². The van der Waals surface area contributed by atoms with Crippen molar-refractivity contribution in [1.82, 2.24) is 0 Å². The predicted octanol–water partition coefficient (Wildman–Crippen LogP) is 4.04. The van der Waals surface area contributed by atoms with Gasteiger partial charge in [-0.3, -0.25) is 0 Å². The minimum Gasteiger partial charge on any atom is -0.478 e. The fraction of sp³-hybridized carbons (Fsp3) is 0.706. The summed E-state index contributed by atoms with van der Waals surface area (Å²) >= 11 is 0. The molecule has 0 spiro atoms. The molecule has 4 bridgehead atoms. The molecule has 0 aliphatic heterocycles. The SMILES string of the molecule is CC(=C\C(=O)O)/C=C(\C)C1C2CC3CC(C2)CC1C3. The van der Waals surface area contributed by atoms with Crippen LogP contribution in [0.5, 0.6) is 0 Å². The number of carboxylic acids is 1. The summed E-state index contributed by atoms with van der Waals surface area (Å²) in [7, 11) is 0. The number of allylic oxidation sites excluding steroid dienone is 3. The zero-order chi connectivity index (χ0) is 13.6. The lowest BCUT2D eigenvalue weighted by atomic mass is 9.50. The molecule has 19 heavy (non-hydrogen) atoms. The summed E-state index contributed by atoms with van der Waals surface area (Å²) in [5, 5.41) is 8.80. The van der Waals surface area contributed by atoms with Gasteiger partial charge in [-0.2, -0.15) is 0 Å². The van der Waals surface area contributed by atoms with E-state index < -0.39 is 5.97 Å². The van der Waals surface area contributed by atoms with Crippen LogP contribution < -0.4 is 0 Å². The van der Waals surface area contributed by atoms with Crippen molar-refractivity contribution in [3.05, 3.63) is 23.3 Å². The van der Waals surface area contributed by atoms with Gasteiger partial charge in [0.2, 0.25) is 0 Å². The maximum atomic E-state index is 10.7. The summed E-state index contributed by atoms with van der Waals surface area (Å²) in [6.07, 6.45) is 10.6. The van der Waals surface area contributed by atoms with E-state index in [1.54, 1.807) is 0 Å². The molecule has 0 aromatic heterocycles. The first-order valence-electron chi connectivity index (χ1n) is 7.62. The number of rotatable bonds is 3. The Hall–Kier alpha value is -1.05. The summed E-state index contributed by atoms with van der Waals surface area (Å²) in [5.41, 5.74) is 2.29. The molecule has 0 saturated heterocycles. The van der Waals surface area contributed by atoms with Crippen molar-refractivity contribution in [2.45, 2.75) is 46.0 Å². The maximum Gasteiger partial charge on any atom is 0.328 e. The molecule has 4 fully saturated rings. The Morgan fingerprint density at radius 3 is 1.95 bits per heavy atom. The smallest absolute Gasteiger partial charge is 0.328 e. The van der Waals surface area contributed by atoms with Crippen LogP contribution in [-0.2, 0) is 4.79 Å². The lowest BCUT2D eigenvalue weighted by Gasteiger charge is -2.55. The average molecular weight is 260 g/mol. The van der Waals surface area contributed by atoms with E-state index in [1.165, 1.54) is 43.8 Å². The first-order chi connectivity index (χ1) is 9.02. The predicted molar refractivity (Wildman–Crippen MR) is 75.7 cm³/mol. The zero-order valence-corrected chi connectivity index (χ0v) is 11.9. The zero-order valence-electron chi connectivity index (χ0n) is 11.9. The van der Waals surface area contributed by atoms with E-state index in [2.05, 4.69) is 13.0 Å². The Bertz CT molecular complexity index is 416. The molecule has 0 aromatic carbocycles. The molecule has 0 atom stereocenters. The summed E-state index contributed by atoms with van der Waals surface area (Å²) < 4.78 is 0. The molecule has 0 radical (unpaired) electrons. The number of aliphatic carboxylic acids is 1. The molecule has 2 heteroatoms. The van der Waals surface area contributed by atoms with Crippen molar-refractivity contribution in [3.63, 3.8) is 0 Å². The van der Waals surface area contributed by atoms with Gasteiger partial charge in [-0.25, -0.2) is 4.79 Å². The maximum absolute atomic E-state index is 10.7. The van der Waals surface area contributed by atoms with Crippen LogP contribution in [0.1, 0.15) is 46.0 Å². The quantitative estimate of drug-likeness (QED) is 0.614.